The molecule has 0 aliphatic carbocycles. The quantitative estimate of drug-likeness (QED) is 0.848. The maximum atomic E-state index is 11.6. The summed E-state index contributed by atoms with van der Waals surface area (Å²) in [5, 5.41) is 8.80. The minimum absolute atomic E-state index is 0.202. The Bertz CT molecular complexity index is 406. The number of aliphatic hydroxyl groups excluding tert-OH is 1. The van der Waals surface area contributed by atoms with E-state index in [0.717, 1.165) is 26.1 Å². The first-order valence-electron chi connectivity index (χ1n) is 5.72. The highest BCUT2D eigenvalue weighted by Crippen LogP contribution is 2.16. The van der Waals surface area contributed by atoms with Gasteiger partial charge in [-0.2, -0.15) is 0 Å². The van der Waals surface area contributed by atoms with Crippen molar-refractivity contribution in [3.8, 4) is 5.75 Å². The topological polar surface area (TPSA) is 68.9 Å². The van der Waals surface area contributed by atoms with Crippen molar-refractivity contribution in [2.45, 2.75) is 19.4 Å². The molecule has 1 aromatic rings. The summed E-state index contributed by atoms with van der Waals surface area (Å²) in [5.74, 6) is 0.878. The molecule has 1 aliphatic heterocycles. The minimum Gasteiger partial charge on any atom is -0.486 e. The highest BCUT2D eigenvalue weighted by molar-refractivity contribution is 5.17. The molecule has 2 rings (SSSR count). The Morgan fingerprint density at radius 2 is 2.18 bits per heavy atom. The van der Waals surface area contributed by atoms with Crippen LogP contribution in [-0.2, 0) is 11.3 Å². The molecule has 0 spiro atoms. The Hall–Kier alpha value is -1.33. The zero-order valence-corrected chi connectivity index (χ0v) is 9.55. The van der Waals surface area contributed by atoms with Crippen LogP contribution in [-0.4, -0.2) is 24.9 Å². The molecule has 1 N–H and O–H groups in total. The van der Waals surface area contributed by atoms with Gasteiger partial charge in [0.2, 0.25) is 11.2 Å². The monoisotopic (exact) mass is 240 g/mol. The maximum Gasteiger partial charge on any atom is 0.227 e. The molecule has 5 heteroatoms. The van der Waals surface area contributed by atoms with Crippen molar-refractivity contribution < 1.29 is 19.0 Å². The van der Waals surface area contributed by atoms with Gasteiger partial charge < -0.3 is 19.0 Å². The van der Waals surface area contributed by atoms with E-state index in [1.165, 1.54) is 12.3 Å². The van der Waals surface area contributed by atoms with E-state index < -0.39 is 0 Å². The third kappa shape index (κ3) is 3.31. The molecule has 17 heavy (non-hydrogen) atoms. The summed E-state index contributed by atoms with van der Waals surface area (Å²) in [6.45, 7) is 1.74. The second-order valence-corrected chi connectivity index (χ2v) is 4.10. The van der Waals surface area contributed by atoms with Crippen LogP contribution >= 0.6 is 0 Å². The lowest BCUT2D eigenvalue weighted by Gasteiger charge is -2.21. The standard InChI is InChI=1S/C12H16O5/c13-6-10-5-11(14)12(8-16-10)17-7-9-1-3-15-4-2-9/h5,8-9,13H,1-4,6-7H2. The molecule has 1 fully saturated rings. The van der Waals surface area contributed by atoms with Gasteiger partial charge in [-0.3, -0.25) is 4.79 Å². The van der Waals surface area contributed by atoms with Gasteiger partial charge in [-0.15, -0.1) is 0 Å². The van der Waals surface area contributed by atoms with Crippen molar-refractivity contribution in [3.63, 3.8) is 0 Å². The molecular formula is C12H16O5. The van der Waals surface area contributed by atoms with Crippen molar-refractivity contribution in [2.75, 3.05) is 19.8 Å². The van der Waals surface area contributed by atoms with Crippen LogP contribution in [0.1, 0.15) is 18.6 Å². The Balaban J connectivity index is 1.92. The molecule has 0 aromatic carbocycles. The average Bonchev–Trinajstić information content (AvgIpc) is 2.38. The van der Waals surface area contributed by atoms with E-state index in [1.54, 1.807) is 0 Å². The number of aliphatic hydroxyl groups is 1. The SMILES string of the molecule is O=c1cc(CO)occ1OCC1CCOCC1. The van der Waals surface area contributed by atoms with E-state index in [1.807, 2.05) is 0 Å². The van der Waals surface area contributed by atoms with Crippen LogP contribution in [0.2, 0.25) is 0 Å². The zero-order chi connectivity index (χ0) is 12.1. The van der Waals surface area contributed by atoms with Crippen LogP contribution < -0.4 is 10.2 Å². The van der Waals surface area contributed by atoms with Crippen LogP contribution in [0.4, 0.5) is 0 Å². The lowest BCUT2D eigenvalue weighted by Crippen LogP contribution is -2.22. The summed E-state index contributed by atoms with van der Waals surface area (Å²) in [4.78, 5) is 11.6. The predicted molar refractivity (Wildman–Crippen MR) is 59.9 cm³/mol. The van der Waals surface area contributed by atoms with Crippen molar-refractivity contribution in [2.24, 2.45) is 5.92 Å². The normalized spacial score (nSPS) is 17.0. The van der Waals surface area contributed by atoms with E-state index in [2.05, 4.69) is 0 Å². The van der Waals surface area contributed by atoms with Gasteiger partial charge in [0.15, 0.2) is 0 Å². The van der Waals surface area contributed by atoms with Gasteiger partial charge in [-0.25, -0.2) is 0 Å². The zero-order valence-electron chi connectivity index (χ0n) is 9.55. The highest BCUT2D eigenvalue weighted by Gasteiger charge is 2.15. The molecule has 0 radical (unpaired) electrons. The molecule has 1 aromatic heterocycles. The summed E-state index contributed by atoms with van der Waals surface area (Å²) in [6.07, 6.45) is 3.17. The molecule has 5 nitrogen and oxygen atoms in total. The van der Waals surface area contributed by atoms with Crippen LogP contribution in [0, 0.1) is 5.92 Å². The van der Waals surface area contributed by atoms with Crippen molar-refractivity contribution >= 4 is 0 Å². The van der Waals surface area contributed by atoms with Crippen molar-refractivity contribution in [1.29, 1.82) is 0 Å². The van der Waals surface area contributed by atoms with E-state index in [9.17, 15) is 4.79 Å². The molecule has 1 aliphatic rings. The number of hydrogen-bond donors (Lipinski definition) is 1. The molecule has 94 valence electrons. The molecule has 1 saturated heterocycles. The molecule has 0 unspecified atom stereocenters. The second-order valence-electron chi connectivity index (χ2n) is 4.10. The van der Waals surface area contributed by atoms with Crippen LogP contribution in [0.3, 0.4) is 0 Å². The number of rotatable bonds is 4. The fraction of sp³-hybridized carbons (Fsp3) is 0.583. The average molecular weight is 240 g/mol. The Morgan fingerprint density at radius 1 is 1.41 bits per heavy atom. The summed E-state index contributed by atoms with van der Waals surface area (Å²) < 4.78 is 15.7. The molecule has 0 bridgehead atoms. The van der Waals surface area contributed by atoms with E-state index in [4.69, 9.17) is 19.0 Å². The predicted octanol–water partition coefficient (Wildman–Crippen LogP) is 0.938. The fourth-order valence-electron chi connectivity index (χ4n) is 1.75. The number of hydrogen-bond acceptors (Lipinski definition) is 5. The Kier molecular flexibility index (Phi) is 4.17. The van der Waals surface area contributed by atoms with Gasteiger partial charge in [0.1, 0.15) is 18.6 Å². The second kappa shape index (κ2) is 5.84. The van der Waals surface area contributed by atoms with Crippen LogP contribution in [0.15, 0.2) is 21.5 Å². The smallest absolute Gasteiger partial charge is 0.227 e. The molecule has 2 heterocycles. The van der Waals surface area contributed by atoms with Gasteiger partial charge in [0, 0.05) is 19.3 Å². The summed E-state index contributed by atoms with van der Waals surface area (Å²) in [5.41, 5.74) is -0.257. The first-order valence-corrected chi connectivity index (χ1v) is 5.72. The van der Waals surface area contributed by atoms with Crippen molar-refractivity contribution in [1.82, 2.24) is 0 Å². The molecule has 0 amide bonds. The highest BCUT2D eigenvalue weighted by atomic mass is 16.5. The fourth-order valence-corrected chi connectivity index (χ4v) is 1.75. The van der Waals surface area contributed by atoms with E-state index >= 15 is 0 Å². The van der Waals surface area contributed by atoms with Gasteiger partial charge in [-0.1, -0.05) is 0 Å². The first-order chi connectivity index (χ1) is 8.29. The third-order valence-corrected chi connectivity index (χ3v) is 2.82. The minimum atomic E-state index is -0.282. The molecule has 0 saturated carbocycles. The van der Waals surface area contributed by atoms with E-state index in [0.29, 0.717) is 12.5 Å². The molecule has 0 atom stereocenters. The van der Waals surface area contributed by atoms with Gasteiger partial charge in [-0.05, 0) is 18.8 Å². The summed E-state index contributed by atoms with van der Waals surface area (Å²) in [7, 11) is 0. The Labute approximate surface area is 99.0 Å². The third-order valence-electron chi connectivity index (χ3n) is 2.82. The van der Waals surface area contributed by atoms with E-state index in [-0.39, 0.29) is 23.5 Å². The molecular weight excluding hydrogens is 224 g/mol. The van der Waals surface area contributed by atoms with Gasteiger partial charge >= 0.3 is 0 Å². The van der Waals surface area contributed by atoms with Crippen LogP contribution in [0.5, 0.6) is 5.75 Å². The lowest BCUT2D eigenvalue weighted by molar-refractivity contribution is 0.0492. The van der Waals surface area contributed by atoms with Crippen molar-refractivity contribution in [3.05, 3.63) is 28.3 Å². The number of ether oxygens (including phenoxy) is 2. The van der Waals surface area contributed by atoms with Crippen LogP contribution in [0.25, 0.3) is 0 Å². The largest absolute Gasteiger partial charge is 0.486 e. The summed E-state index contributed by atoms with van der Waals surface area (Å²) in [6, 6.07) is 1.25. The summed E-state index contributed by atoms with van der Waals surface area (Å²) >= 11 is 0. The van der Waals surface area contributed by atoms with Gasteiger partial charge in [0.05, 0.1) is 6.61 Å². The van der Waals surface area contributed by atoms with Gasteiger partial charge in [0.25, 0.3) is 0 Å². The maximum absolute atomic E-state index is 11.6. The first kappa shape index (κ1) is 12.1. The lowest BCUT2D eigenvalue weighted by atomic mass is 10.0. The Morgan fingerprint density at radius 3 is 2.82 bits per heavy atom.